The van der Waals surface area contributed by atoms with Crippen LogP contribution < -0.4 is 4.90 Å². The fraction of sp³-hybridized carbons (Fsp3) is 0.333. The molecule has 0 saturated heterocycles. The smallest absolute Gasteiger partial charge is 0.196 e. The van der Waals surface area contributed by atoms with E-state index in [-0.39, 0.29) is 17.4 Å². The second kappa shape index (κ2) is 11.1. The number of benzene rings is 1. The van der Waals surface area contributed by atoms with E-state index < -0.39 is 0 Å². The van der Waals surface area contributed by atoms with Crippen LogP contribution in [0.3, 0.4) is 0 Å². The number of rotatable bonds is 10. The van der Waals surface area contributed by atoms with Crippen molar-refractivity contribution in [3.63, 3.8) is 0 Å². The van der Waals surface area contributed by atoms with E-state index in [0.717, 1.165) is 29.3 Å². The number of phenols is 2. The van der Waals surface area contributed by atoms with Gasteiger partial charge in [0.1, 0.15) is 17.3 Å². The quantitative estimate of drug-likeness (QED) is 0.292. The number of likely N-dealkylation sites (N-methyl/N-ethyl adjacent to an activating group) is 1. The molecule has 0 amide bonds. The molecule has 0 fully saturated rings. The number of thiazole rings is 1. The Morgan fingerprint density at radius 3 is 2.63 bits per heavy atom. The average Bonchev–Trinajstić information content (AvgIpc) is 3.51. The van der Waals surface area contributed by atoms with E-state index in [1.165, 1.54) is 17.8 Å². The average molecular weight is 513 g/mol. The van der Waals surface area contributed by atoms with Crippen molar-refractivity contribution in [3.05, 3.63) is 52.6 Å². The molecule has 3 heterocycles. The molecule has 184 valence electrons. The van der Waals surface area contributed by atoms with E-state index in [0.29, 0.717) is 28.9 Å². The van der Waals surface area contributed by atoms with Gasteiger partial charge in [-0.3, -0.25) is 4.57 Å². The highest BCUT2D eigenvalue weighted by atomic mass is 32.2. The predicted molar refractivity (Wildman–Crippen MR) is 139 cm³/mol. The number of pyridine rings is 1. The van der Waals surface area contributed by atoms with Gasteiger partial charge in [0.25, 0.3) is 0 Å². The molecular formula is C24H28N6O3S2. The molecule has 0 unspecified atom stereocenters. The predicted octanol–water partition coefficient (Wildman–Crippen LogP) is 4.70. The molecule has 0 aliphatic rings. The van der Waals surface area contributed by atoms with Crippen LogP contribution in [0.25, 0.3) is 17.1 Å². The van der Waals surface area contributed by atoms with Crippen molar-refractivity contribution in [3.8, 4) is 28.6 Å². The summed E-state index contributed by atoms with van der Waals surface area (Å²) in [5.41, 5.74) is 4.72. The van der Waals surface area contributed by atoms with Gasteiger partial charge in [-0.1, -0.05) is 25.6 Å². The summed E-state index contributed by atoms with van der Waals surface area (Å²) in [7, 11) is 3.63. The Balaban J connectivity index is 1.77. The number of ether oxygens (including phenoxy) is 1. The van der Waals surface area contributed by atoms with Gasteiger partial charge in [-0.05, 0) is 29.7 Å². The van der Waals surface area contributed by atoms with E-state index in [2.05, 4.69) is 20.2 Å². The molecule has 0 radical (unpaired) electrons. The summed E-state index contributed by atoms with van der Waals surface area (Å²) < 4.78 is 7.04. The van der Waals surface area contributed by atoms with Crippen LogP contribution >= 0.6 is 23.1 Å². The van der Waals surface area contributed by atoms with Crippen LogP contribution in [0.1, 0.15) is 31.0 Å². The summed E-state index contributed by atoms with van der Waals surface area (Å²) in [6, 6.07) is 7.01. The number of nitrogens with zero attached hydrogens (tertiary/aromatic N) is 6. The van der Waals surface area contributed by atoms with Crippen LogP contribution in [0.2, 0.25) is 0 Å². The molecule has 0 atom stereocenters. The molecule has 3 aromatic heterocycles. The van der Waals surface area contributed by atoms with Gasteiger partial charge in [0.2, 0.25) is 0 Å². The molecule has 35 heavy (non-hydrogen) atoms. The van der Waals surface area contributed by atoms with E-state index in [1.807, 2.05) is 47.9 Å². The summed E-state index contributed by atoms with van der Waals surface area (Å²) in [6.07, 6.45) is 1.76. The monoisotopic (exact) mass is 512 g/mol. The van der Waals surface area contributed by atoms with E-state index in [9.17, 15) is 10.2 Å². The Labute approximate surface area is 212 Å². The zero-order valence-electron chi connectivity index (χ0n) is 20.0. The zero-order chi connectivity index (χ0) is 24.9. The summed E-state index contributed by atoms with van der Waals surface area (Å²) >= 11 is 3.05. The summed E-state index contributed by atoms with van der Waals surface area (Å²) in [6.45, 7) is 5.29. The van der Waals surface area contributed by atoms with E-state index in [4.69, 9.17) is 4.74 Å². The fourth-order valence-corrected chi connectivity index (χ4v) is 5.05. The molecule has 0 aliphatic heterocycles. The standard InChI is InChI=1S/C24H28N6O3S2/c1-15(2)18-9-19(21(32)10-20(18)31)23-27-28-24(35-13-16-12-34-14-26-16)30(23)17-5-6-22(25-11-17)29(3)7-8-33-4/h5-6,9-12,14-15,31-32H,7-8,13H2,1-4H3. The number of methoxy groups -OCH3 is 1. The van der Waals surface area contributed by atoms with Crippen LogP contribution in [-0.2, 0) is 10.5 Å². The minimum Gasteiger partial charge on any atom is -0.508 e. The van der Waals surface area contributed by atoms with E-state index in [1.54, 1.807) is 36.2 Å². The van der Waals surface area contributed by atoms with Crippen molar-refractivity contribution in [1.82, 2.24) is 24.7 Å². The van der Waals surface area contributed by atoms with Gasteiger partial charge in [0.05, 0.1) is 35.3 Å². The Morgan fingerprint density at radius 1 is 1.14 bits per heavy atom. The number of hydrogen-bond donors (Lipinski definition) is 2. The molecule has 4 rings (SSSR count). The second-order valence-electron chi connectivity index (χ2n) is 8.28. The summed E-state index contributed by atoms with van der Waals surface area (Å²) in [4.78, 5) is 11.0. The molecule has 9 nitrogen and oxygen atoms in total. The molecule has 0 bridgehead atoms. The number of phenolic OH excluding ortho intramolecular Hbond substituents is 2. The van der Waals surface area contributed by atoms with Gasteiger partial charge in [-0.15, -0.1) is 21.5 Å². The normalized spacial score (nSPS) is 11.3. The molecule has 0 aliphatic carbocycles. The molecular weight excluding hydrogens is 484 g/mol. The maximum absolute atomic E-state index is 10.7. The minimum absolute atomic E-state index is 0.0514. The highest BCUT2D eigenvalue weighted by molar-refractivity contribution is 7.98. The third-order valence-electron chi connectivity index (χ3n) is 5.49. The molecule has 2 N–H and O–H groups in total. The van der Waals surface area contributed by atoms with Crippen molar-refractivity contribution >= 4 is 28.9 Å². The number of aromatic nitrogens is 5. The highest BCUT2D eigenvalue weighted by Crippen LogP contribution is 2.39. The number of thioether (sulfide) groups is 1. The van der Waals surface area contributed by atoms with Crippen molar-refractivity contribution in [2.45, 2.75) is 30.7 Å². The first-order valence-corrected chi connectivity index (χ1v) is 13.0. The van der Waals surface area contributed by atoms with Crippen LogP contribution in [-0.4, -0.2) is 62.3 Å². The topological polar surface area (TPSA) is 109 Å². The third kappa shape index (κ3) is 5.58. The van der Waals surface area contributed by atoms with Gasteiger partial charge in [-0.25, -0.2) is 9.97 Å². The largest absolute Gasteiger partial charge is 0.508 e. The maximum Gasteiger partial charge on any atom is 0.196 e. The van der Waals surface area contributed by atoms with Gasteiger partial charge in [0, 0.05) is 37.9 Å². The first-order chi connectivity index (χ1) is 16.9. The fourth-order valence-electron chi connectivity index (χ4n) is 3.53. The summed E-state index contributed by atoms with van der Waals surface area (Å²) in [5.74, 6) is 1.95. The number of anilines is 1. The van der Waals surface area contributed by atoms with Crippen molar-refractivity contribution in [2.24, 2.45) is 0 Å². The van der Waals surface area contributed by atoms with Crippen LogP contribution in [0.15, 0.2) is 46.5 Å². The molecule has 11 heteroatoms. The van der Waals surface area contributed by atoms with Gasteiger partial charge < -0.3 is 19.8 Å². The van der Waals surface area contributed by atoms with Crippen LogP contribution in [0, 0.1) is 0 Å². The molecule has 1 aromatic carbocycles. The lowest BCUT2D eigenvalue weighted by molar-refractivity contribution is 0.206. The number of hydrogen-bond acceptors (Lipinski definition) is 10. The van der Waals surface area contributed by atoms with Gasteiger partial charge >= 0.3 is 0 Å². The first-order valence-electron chi connectivity index (χ1n) is 11.1. The SMILES string of the molecule is COCCN(C)c1ccc(-n2c(SCc3cscn3)nnc2-c2cc(C(C)C)c(O)cc2O)cn1. The zero-order valence-corrected chi connectivity index (χ0v) is 21.7. The third-order valence-corrected chi connectivity index (χ3v) is 7.08. The Kier molecular flexibility index (Phi) is 7.89. The lowest BCUT2D eigenvalue weighted by atomic mass is 9.98. The minimum atomic E-state index is -0.0690. The molecule has 4 aromatic rings. The van der Waals surface area contributed by atoms with Crippen LogP contribution in [0.5, 0.6) is 11.5 Å². The van der Waals surface area contributed by atoms with Crippen molar-refractivity contribution < 1.29 is 14.9 Å². The van der Waals surface area contributed by atoms with Gasteiger partial charge in [0.15, 0.2) is 11.0 Å². The van der Waals surface area contributed by atoms with Gasteiger partial charge in [-0.2, -0.15) is 0 Å². The van der Waals surface area contributed by atoms with Crippen LogP contribution in [0.4, 0.5) is 5.82 Å². The lowest BCUT2D eigenvalue weighted by Gasteiger charge is -2.18. The van der Waals surface area contributed by atoms with Crippen molar-refractivity contribution in [2.75, 3.05) is 32.2 Å². The lowest BCUT2D eigenvalue weighted by Crippen LogP contribution is -2.22. The highest BCUT2D eigenvalue weighted by Gasteiger charge is 2.22. The maximum atomic E-state index is 10.7. The summed E-state index contributed by atoms with van der Waals surface area (Å²) in [5, 5.41) is 32.5. The van der Waals surface area contributed by atoms with Crippen molar-refractivity contribution in [1.29, 1.82) is 0 Å². The Bertz CT molecular complexity index is 1260. The first kappa shape index (κ1) is 25.0. The Morgan fingerprint density at radius 2 is 1.97 bits per heavy atom. The molecule has 0 saturated carbocycles. The Hall–Kier alpha value is -3.15. The molecule has 0 spiro atoms. The second-order valence-corrected chi connectivity index (χ2v) is 9.94. The van der Waals surface area contributed by atoms with E-state index >= 15 is 0 Å². The number of aromatic hydroxyl groups is 2.